The van der Waals surface area contributed by atoms with Gasteiger partial charge in [0.2, 0.25) is 5.82 Å². The topological polar surface area (TPSA) is 18.5 Å². The molecule has 5 heteroatoms. The van der Waals surface area contributed by atoms with Crippen LogP contribution in [-0.2, 0) is 0 Å². The first-order chi connectivity index (χ1) is 14.0. The highest BCUT2D eigenvalue weighted by molar-refractivity contribution is 6.04. The van der Waals surface area contributed by atoms with Crippen molar-refractivity contribution in [1.29, 1.82) is 0 Å². The second-order valence-corrected chi connectivity index (χ2v) is 7.78. The average molecular weight is 402 g/mol. The molecule has 2 aromatic carbocycles. The van der Waals surface area contributed by atoms with Gasteiger partial charge in [-0.1, -0.05) is 12.2 Å². The van der Waals surface area contributed by atoms with Crippen molar-refractivity contribution in [2.24, 2.45) is 11.8 Å². The molecule has 0 radical (unpaired) electrons. The van der Waals surface area contributed by atoms with Gasteiger partial charge in [-0.05, 0) is 80.7 Å². The van der Waals surface area contributed by atoms with E-state index < -0.39 is 17.5 Å². The fraction of sp³-hybridized carbons (Fsp3) is 0.417. The predicted octanol–water partition coefficient (Wildman–Crippen LogP) is 6.91. The average Bonchev–Trinajstić information content (AvgIpc) is 2.71. The third-order valence-corrected chi connectivity index (χ3v) is 5.95. The molecule has 1 fully saturated rings. The van der Waals surface area contributed by atoms with Crippen molar-refractivity contribution < 1.29 is 22.6 Å². The fourth-order valence-corrected chi connectivity index (χ4v) is 4.42. The summed E-state index contributed by atoms with van der Waals surface area (Å²) in [5, 5.41) is 0. The molecule has 0 aliphatic heterocycles. The quantitative estimate of drug-likeness (QED) is 0.417. The van der Waals surface area contributed by atoms with Crippen molar-refractivity contribution in [1.82, 2.24) is 0 Å². The Bertz CT molecular complexity index is 944. The van der Waals surface area contributed by atoms with Crippen LogP contribution in [0.5, 0.6) is 11.5 Å². The highest BCUT2D eigenvalue weighted by Gasteiger charge is 2.35. The van der Waals surface area contributed by atoms with Gasteiger partial charge in [0.15, 0.2) is 23.1 Å². The third kappa shape index (κ3) is 3.52. The molecule has 0 aromatic heterocycles. The summed E-state index contributed by atoms with van der Waals surface area (Å²) in [6.45, 7) is 4.39. The van der Waals surface area contributed by atoms with E-state index in [1.807, 2.05) is 6.92 Å². The van der Waals surface area contributed by atoms with Gasteiger partial charge in [-0.25, -0.2) is 8.78 Å². The largest absolute Gasteiger partial charge is 0.491 e. The number of ether oxygens (including phenoxy) is 2. The van der Waals surface area contributed by atoms with Gasteiger partial charge in [0.05, 0.1) is 13.2 Å². The Labute approximate surface area is 169 Å². The van der Waals surface area contributed by atoms with E-state index in [1.54, 1.807) is 19.1 Å². The molecule has 0 unspecified atom stereocenters. The van der Waals surface area contributed by atoms with Crippen LogP contribution in [0.2, 0.25) is 0 Å². The SMILES string of the molecule is C/C=C/C1CCC(COc2ccc3c(c2F)-c2c-3cc(OCC)c(F)c2F)CC1. The van der Waals surface area contributed by atoms with E-state index in [9.17, 15) is 8.78 Å². The van der Waals surface area contributed by atoms with Crippen molar-refractivity contribution in [3.63, 3.8) is 0 Å². The Kier molecular flexibility index (Phi) is 5.57. The van der Waals surface area contributed by atoms with Crippen LogP contribution in [0.3, 0.4) is 0 Å². The highest BCUT2D eigenvalue weighted by Crippen LogP contribution is 2.53. The summed E-state index contributed by atoms with van der Waals surface area (Å²) in [7, 11) is 0. The van der Waals surface area contributed by atoms with Crippen LogP contribution in [-0.4, -0.2) is 13.2 Å². The Morgan fingerprint density at radius 3 is 2.31 bits per heavy atom. The Morgan fingerprint density at radius 1 is 0.897 bits per heavy atom. The molecule has 0 amide bonds. The standard InChI is InChI=1S/C24H25F3O2/c1-3-5-14-6-8-15(9-7-14)13-29-18-11-10-16-17-12-19(28-4-2)23(26)24(27)21(17)20(16)22(18)25/h3,5,10-12,14-15H,4,6-9,13H2,1-2H3/b5-3+. The van der Waals surface area contributed by atoms with Gasteiger partial charge in [0, 0.05) is 11.1 Å². The van der Waals surface area contributed by atoms with Crippen LogP contribution in [0.1, 0.15) is 39.5 Å². The molecule has 0 atom stereocenters. The highest BCUT2D eigenvalue weighted by atomic mass is 19.2. The lowest BCUT2D eigenvalue weighted by atomic mass is 9.79. The minimum absolute atomic E-state index is 0.0317. The van der Waals surface area contributed by atoms with Crippen molar-refractivity contribution in [3.05, 3.63) is 47.8 Å². The number of fused-ring (bicyclic) bond motifs is 4. The molecule has 2 aliphatic carbocycles. The molecular weight excluding hydrogens is 377 g/mol. The van der Waals surface area contributed by atoms with Crippen LogP contribution in [0, 0.1) is 29.3 Å². The number of rotatable bonds is 6. The molecule has 0 bridgehead atoms. The summed E-state index contributed by atoms with van der Waals surface area (Å²) < 4.78 is 54.7. The van der Waals surface area contributed by atoms with Crippen LogP contribution < -0.4 is 9.47 Å². The van der Waals surface area contributed by atoms with Crippen molar-refractivity contribution in [2.45, 2.75) is 39.5 Å². The van der Waals surface area contributed by atoms with E-state index in [0.717, 1.165) is 25.7 Å². The molecule has 1 saturated carbocycles. The maximum atomic E-state index is 15.0. The molecule has 29 heavy (non-hydrogen) atoms. The monoisotopic (exact) mass is 402 g/mol. The molecule has 0 saturated heterocycles. The number of halogens is 3. The van der Waals surface area contributed by atoms with E-state index in [1.165, 1.54) is 6.07 Å². The van der Waals surface area contributed by atoms with Crippen LogP contribution in [0.4, 0.5) is 13.2 Å². The van der Waals surface area contributed by atoms with E-state index >= 15 is 4.39 Å². The van der Waals surface area contributed by atoms with E-state index in [2.05, 4.69) is 12.2 Å². The maximum Gasteiger partial charge on any atom is 0.201 e. The Morgan fingerprint density at radius 2 is 1.62 bits per heavy atom. The molecule has 154 valence electrons. The van der Waals surface area contributed by atoms with Gasteiger partial charge in [-0.2, -0.15) is 4.39 Å². The number of allylic oxidation sites excluding steroid dienone is 2. The summed E-state index contributed by atoms with van der Waals surface area (Å²) in [6, 6.07) is 4.71. The van der Waals surface area contributed by atoms with E-state index in [-0.39, 0.29) is 29.2 Å². The summed E-state index contributed by atoms with van der Waals surface area (Å²) >= 11 is 0. The molecule has 0 heterocycles. The van der Waals surface area contributed by atoms with Crippen LogP contribution in [0.15, 0.2) is 30.4 Å². The zero-order chi connectivity index (χ0) is 20.5. The smallest absolute Gasteiger partial charge is 0.201 e. The lowest BCUT2D eigenvalue weighted by Crippen LogP contribution is -2.20. The summed E-state index contributed by atoms with van der Waals surface area (Å²) in [4.78, 5) is 0. The second kappa shape index (κ2) is 8.13. The molecule has 2 aliphatic rings. The molecule has 0 spiro atoms. The van der Waals surface area contributed by atoms with Gasteiger partial charge in [0.1, 0.15) is 0 Å². The van der Waals surface area contributed by atoms with Crippen molar-refractivity contribution in [3.8, 4) is 33.8 Å². The van der Waals surface area contributed by atoms with Crippen molar-refractivity contribution in [2.75, 3.05) is 13.2 Å². The first-order valence-corrected chi connectivity index (χ1v) is 10.3. The third-order valence-electron chi connectivity index (χ3n) is 5.95. The summed E-state index contributed by atoms with van der Waals surface area (Å²) in [5.74, 6) is -1.82. The molecule has 0 N–H and O–H groups in total. The van der Waals surface area contributed by atoms with Crippen LogP contribution >= 0.6 is 0 Å². The molecule has 2 nitrogen and oxygen atoms in total. The first kappa shape index (κ1) is 19.9. The maximum absolute atomic E-state index is 15.0. The molecule has 4 rings (SSSR count). The minimum atomic E-state index is -1.08. The first-order valence-electron chi connectivity index (χ1n) is 10.3. The van der Waals surface area contributed by atoms with Crippen LogP contribution in [0.25, 0.3) is 22.3 Å². The van der Waals surface area contributed by atoms with Gasteiger partial charge < -0.3 is 9.47 Å². The van der Waals surface area contributed by atoms with Crippen molar-refractivity contribution >= 4 is 0 Å². The van der Waals surface area contributed by atoms with Gasteiger partial charge >= 0.3 is 0 Å². The predicted molar refractivity (Wildman–Crippen MR) is 108 cm³/mol. The molecule has 2 aromatic rings. The van der Waals surface area contributed by atoms with Gasteiger partial charge in [-0.3, -0.25) is 0 Å². The van der Waals surface area contributed by atoms with Gasteiger partial charge in [-0.15, -0.1) is 0 Å². The molecular formula is C24H25F3O2. The van der Waals surface area contributed by atoms with E-state index in [4.69, 9.17) is 9.47 Å². The van der Waals surface area contributed by atoms with E-state index in [0.29, 0.717) is 29.6 Å². The summed E-state index contributed by atoms with van der Waals surface area (Å²) in [6.07, 6.45) is 8.66. The van der Waals surface area contributed by atoms with Gasteiger partial charge in [0.25, 0.3) is 0 Å². The second-order valence-electron chi connectivity index (χ2n) is 7.78. The Hall–Kier alpha value is -2.43. The normalized spacial score (nSPS) is 20.2. The zero-order valence-corrected chi connectivity index (χ0v) is 16.7. The summed E-state index contributed by atoms with van der Waals surface area (Å²) in [5.41, 5.74) is 1.08. The zero-order valence-electron chi connectivity index (χ0n) is 16.7. The minimum Gasteiger partial charge on any atom is -0.491 e. The number of hydrogen-bond donors (Lipinski definition) is 0. The Balaban J connectivity index is 1.50. The lowest BCUT2D eigenvalue weighted by Gasteiger charge is -2.29. The number of benzene rings is 2. The number of hydrogen-bond acceptors (Lipinski definition) is 2. The lowest BCUT2D eigenvalue weighted by molar-refractivity contribution is 0.189. The fourth-order valence-electron chi connectivity index (χ4n) is 4.42.